The second-order valence-electron chi connectivity index (χ2n) is 4.35. The SMILES string of the molecule is CCSCCC(C)NS(=O)(=O)c1cc(CN)sc1C. The van der Waals surface area contributed by atoms with E-state index in [-0.39, 0.29) is 6.04 Å². The molecule has 1 heterocycles. The highest BCUT2D eigenvalue weighted by Crippen LogP contribution is 2.25. The lowest BCUT2D eigenvalue weighted by molar-refractivity contribution is 0.557. The van der Waals surface area contributed by atoms with Gasteiger partial charge in [-0.3, -0.25) is 0 Å². The van der Waals surface area contributed by atoms with Crippen LogP contribution < -0.4 is 10.5 Å². The molecule has 110 valence electrons. The van der Waals surface area contributed by atoms with Crippen LogP contribution in [0.15, 0.2) is 11.0 Å². The average molecular weight is 323 g/mol. The number of hydrogen-bond acceptors (Lipinski definition) is 5. The number of thioether (sulfide) groups is 1. The summed E-state index contributed by atoms with van der Waals surface area (Å²) in [6.07, 6.45) is 0.838. The number of sulfonamides is 1. The molecule has 0 radical (unpaired) electrons. The summed E-state index contributed by atoms with van der Waals surface area (Å²) >= 11 is 3.26. The third kappa shape index (κ3) is 5.07. The van der Waals surface area contributed by atoms with Crippen molar-refractivity contribution in [1.82, 2.24) is 4.72 Å². The first-order valence-corrected chi connectivity index (χ1v) is 9.75. The molecule has 0 bridgehead atoms. The van der Waals surface area contributed by atoms with Crippen LogP contribution in [0.5, 0.6) is 0 Å². The van der Waals surface area contributed by atoms with Crippen molar-refractivity contribution in [2.75, 3.05) is 11.5 Å². The molecule has 1 unspecified atom stereocenters. The number of hydrogen-bond donors (Lipinski definition) is 2. The Labute approximate surface area is 124 Å². The molecule has 0 amide bonds. The molecule has 7 heteroatoms. The number of nitrogens with one attached hydrogen (secondary N) is 1. The fourth-order valence-electron chi connectivity index (χ4n) is 1.68. The molecule has 1 atom stereocenters. The summed E-state index contributed by atoms with van der Waals surface area (Å²) in [4.78, 5) is 2.06. The van der Waals surface area contributed by atoms with Gasteiger partial charge < -0.3 is 5.73 Å². The normalized spacial score (nSPS) is 13.7. The van der Waals surface area contributed by atoms with Crippen molar-refractivity contribution in [3.63, 3.8) is 0 Å². The second kappa shape index (κ2) is 7.64. The first-order valence-electron chi connectivity index (χ1n) is 6.30. The van der Waals surface area contributed by atoms with E-state index in [0.29, 0.717) is 11.4 Å². The van der Waals surface area contributed by atoms with Crippen LogP contribution >= 0.6 is 23.1 Å². The van der Waals surface area contributed by atoms with E-state index in [0.717, 1.165) is 27.7 Å². The first-order chi connectivity index (χ1) is 8.90. The highest BCUT2D eigenvalue weighted by molar-refractivity contribution is 7.99. The molecule has 1 rings (SSSR count). The van der Waals surface area contributed by atoms with E-state index in [9.17, 15) is 8.42 Å². The summed E-state index contributed by atoms with van der Waals surface area (Å²) < 4.78 is 27.3. The van der Waals surface area contributed by atoms with Crippen LogP contribution in [-0.4, -0.2) is 26.0 Å². The molecule has 0 saturated heterocycles. The molecule has 1 aromatic rings. The smallest absolute Gasteiger partial charge is 0.241 e. The van der Waals surface area contributed by atoms with Crippen molar-refractivity contribution in [3.05, 3.63) is 15.8 Å². The molecule has 0 aliphatic carbocycles. The lowest BCUT2D eigenvalue weighted by Crippen LogP contribution is -2.33. The van der Waals surface area contributed by atoms with Gasteiger partial charge in [0.2, 0.25) is 10.0 Å². The van der Waals surface area contributed by atoms with Gasteiger partial charge in [-0.05, 0) is 37.8 Å². The Balaban J connectivity index is 2.72. The minimum atomic E-state index is -3.42. The molecule has 0 saturated carbocycles. The van der Waals surface area contributed by atoms with Gasteiger partial charge in [0.25, 0.3) is 0 Å². The Morgan fingerprint density at radius 1 is 1.53 bits per heavy atom. The minimum absolute atomic E-state index is 0.0512. The lowest BCUT2D eigenvalue weighted by atomic mass is 10.3. The summed E-state index contributed by atoms with van der Waals surface area (Å²) in [7, 11) is -3.42. The number of rotatable bonds is 8. The van der Waals surface area contributed by atoms with Gasteiger partial charge in [0.05, 0.1) is 4.90 Å². The van der Waals surface area contributed by atoms with Crippen molar-refractivity contribution in [1.29, 1.82) is 0 Å². The van der Waals surface area contributed by atoms with Gasteiger partial charge in [-0.1, -0.05) is 6.92 Å². The maximum absolute atomic E-state index is 12.3. The molecule has 0 fully saturated rings. The number of aryl methyl sites for hydroxylation is 1. The molecule has 0 aromatic carbocycles. The molecule has 0 aliphatic rings. The van der Waals surface area contributed by atoms with Crippen molar-refractivity contribution in [2.45, 2.75) is 44.7 Å². The van der Waals surface area contributed by atoms with Gasteiger partial charge in [0.15, 0.2) is 0 Å². The van der Waals surface area contributed by atoms with E-state index >= 15 is 0 Å². The van der Waals surface area contributed by atoms with Gasteiger partial charge in [-0.2, -0.15) is 11.8 Å². The Morgan fingerprint density at radius 2 is 2.21 bits per heavy atom. The minimum Gasteiger partial charge on any atom is -0.326 e. The summed E-state index contributed by atoms with van der Waals surface area (Å²) in [6, 6.07) is 1.63. The number of nitrogens with two attached hydrogens (primary N) is 1. The Bertz CT molecular complexity index is 497. The summed E-state index contributed by atoms with van der Waals surface area (Å²) in [5, 5.41) is 0. The third-order valence-electron chi connectivity index (χ3n) is 2.67. The third-order valence-corrected chi connectivity index (χ3v) is 6.52. The Hall–Kier alpha value is -0.0800. The lowest BCUT2D eigenvalue weighted by Gasteiger charge is -2.13. The molecule has 19 heavy (non-hydrogen) atoms. The Morgan fingerprint density at radius 3 is 2.74 bits per heavy atom. The first kappa shape index (κ1) is 17.0. The highest BCUT2D eigenvalue weighted by atomic mass is 32.2. The zero-order valence-corrected chi connectivity index (χ0v) is 14.1. The molecule has 0 spiro atoms. The van der Waals surface area contributed by atoms with E-state index in [2.05, 4.69) is 11.6 Å². The summed E-state index contributed by atoms with van der Waals surface area (Å²) in [6.45, 7) is 6.20. The molecule has 0 aliphatic heterocycles. The zero-order valence-electron chi connectivity index (χ0n) is 11.6. The van der Waals surface area contributed by atoms with E-state index in [1.165, 1.54) is 11.3 Å². The van der Waals surface area contributed by atoms with E-state index in [1.807, 2.05) is 25.6 Å². The summed E-state index contributed by atoms with van der Waals surface area (Å²) in [5.41, 5.74) is 5.55. The maximum atomic E-state index is 12.3. The predicted molar refractivity (Wildman–Crippen MR) is 84.3 cm³/mol. The van der Waals surface area contributed by atoms with Crippen LogP contribution in [0, 0.1) is 6.92 Å². The maximum Gasteiger partial charge on any atom is 0.241 e. The van der Waals surface area contributed by atoms with Gasteiger partial charge in [-0.25, -0.2) is 13.1 Å². The van der Waals surface area contributed by atoms with Crippen LogP contribution in [0.1, 0.15) is 30.0 Å². The summed E-state index contributed by atoms with van der Waals surface area (Å²) in [5.74, 6) is 2.03. The topological polar surface area (TPSA) is 72.2 Å². The molecular formula is C12H22N2O2S3. The van der Waals surface area contributed by atoms with Crippen molar-refractivity contribution in [3.8, 4) is 0 Å². The van der Waals surface area contributed by atoms with Gasteiger partial charge in [0, 0.05) is 22.3 Å². The average Bonchev–Trinajstić information content (AvgIpc) is 2.71. The van der Waals surface area contributed by atoms with Crippen molar-refractivity contribution in [2.24, 2.45) is 5.73 Å². The van der Waals surface area contributed by atoms with Gasteiger partial charge in [-0.15, -0.1) is 11.3 Å². The van der Waals surface area contributed by atoms with Crippen molar-refractivity contribution < 1.29 is 8.42 Å². The highest BCUT2D eigenvalue weighted by Gasteiger charge is 2.21. The van der Waals surface area contributed by atoms with Crippen LogP contribution in [0.4, 0.5) is 0 Å². The van der Waals surface area contributed by atoms with Gasteiger partial charge in [0.1, 0.15) is 0 Å². The molecule has 1 aromatic heterocycles. The Kier molecular flexibility index (Phi) is 6.82. The van der Waals surface area contributed by atoms with Crippen LogP contribution in [0.2, 0.25) is 0 Å². The van der Waals surface area contributed by atoms with E-state index in [1.54, 1.807) is 6.07 Å². The predicted octanol–water partition coefficient (Wildman–Crippen LogP) is 2.33. The fourth-order valence-corrected chi connectivity index (χ4v) is 5.28. The standard InChI is InChI=1S/C12H22N2O2S3/c1-4-17-6-5-9(2)14-19(15,16)12-7-11(8-13)18-10(12)3/h7,9,14H,4-6,8,13H2,1-3H3. The molecule has 3 N–H and O–H groups in total. The fraction of sp³-hybridized carbons (Fsp3) is 0.667. The largest absolute Gasteiger partial charge is 0.326 e. The monoisotopic (exact) mass is 322 g/mol. The quantitative estimate of drug-likeness (QED) is 0.721. The molecule has 4 nitrogen and oxygen atoms in total. The van der Waals surface area contributed by atoms with Crippen LogP contribution in [0.3, 0.4) is 0 Å². The van der Waals surface area contributed by atoms with Gasteiger partial charge >= 0.3 is 0 Å². The van der Waals surface area contributed by atoms with Crippen LogP contribution in [-0.2, 0) is 16.6 Å². The number of thiophene rings is 1. The molecular weight excluding hydrogens is 300 g/mol. The van der Waals surface area contributed by atoms with E-state index in [4.69, 9.17) is 5.73 Å². The van der Waals surface area contributed by atoms with E-state index < -0.39 is 10.0 Å². The second-order valence-corrected chi connectivity index (χ2v) is 8.76. The van der Waals surface area contributed by atoms with Crippen LogP contribution in [0.25, 0.3) is 0 Å². The van der Waals surface area contributed by atoms with Crippen molar-refractivity contribution >= 4 is 33.1 Å². The zero-order chi connectivity index (χ0) is 14.5.